The maximum Gasteiger partial charge on any atom is 0.224 e. The molecule has 0 fully saturated rings. The molecule has 0 spiro atoms. The SMILES string of the molecule is CC.CC.CCCCc1c(CCC)cccc1NC(=O)CC. The van der Waals surface area contributed by atoms with Crippen LogP contribution in [0, 0.1) is 0 Å². The third-order valence-electron chi connectivity index (χ3n) is 3.17. The molecular weight excluding hydrogens is 270 g/mol. The summed E-state index contributed by atoms with van der Waals surface area (Å²) in [6.45, 7) is 14.3. The number of amides is 1. The van der Waals surface area contributed by atoms with Gasteiger partial charge in [-0.15, -0.1) is 0 Å². The van der Waals surface area contributed by atoms with Crippen molar-refractivity contribution in [3.8, 4) is 0 Å². The van der Waals surface area contributed by atoms with Crippen LogP contribution >= 0.6 is 0 Å². The summed E-state index contributed by atoms with van der Waals surface area (Å²) < 4.78 is 0. The molecule has 2 nitrogen and oxygen atoms in total. The van der Waals surface area contributed by atoms with Gasteiger partial charge in [0.1, 0.15) is 0 Å². The van der Waals surface area contributed by atoms with E-state index in [0.717, 1.165) is 24.9 Å². The number of hydrogen-bond donors (Lipinski definition) is 1. The first-order valence-corrected chi connectivity index (χ1v) is 9.13. The summed E-state index contributed by atoms with van der Waals surface area (Å²) in [6.07, 6.45) is 6.19. The second-order valence-electron chi connectivity index (χ2n) is 4.70. The number of unbranched alkanes of at least 4 members (excludes halogenated alkanes) is 1. The highest BCUT2D eigenvalue weighted by Crippen LogP contribution is 2.23. The van der Waals surface area contributed by atoms with Crippen LogP contribution in [0.25, 0.3) is 0 Å². The largest absolute Gasteiger partial charge is 0.326 e. The number of carbonyl (C=O) groups is 1. The summed E-state index contributed by atoms with van der Waals surface area (Å²) in [4.78, 5) is 11.6. The number of hydrogen-bond acceptors (Lipinski definition) is 1. The standard InChI is InChI=1S/C16H25NO.2C2H6/c1-4-7-11-14-13(9-5-2)10-8-12-15(14)17-16(18)6-3;2*1-2/h8,10,12H,4-7,9,11H2,1-3H3,(H,17,18);2*1-2H3. The second kappa shape index (κ2) is 16.1. The van der Waals surface area contributed by atoms with Gasteiger partial charge in [0.2, 0.25) is 5.91 Å². The van der Waals surface area contributed by atoms with Crippen LogP contribution in [-0.2, 0) is 17.6 Å². The van der Waals surface area contributed by atoms with Crippen LogP contribution in [0.1, 0.15) is 85.3 Å². The third kappa shape index (κ3) is 8.86. The Morgan fingerprint density at radius 1 is 0.955 bits per heavy atom. The van der Waals surface area contributed by atoms with E-state index in [0.29, 0.717) is 6.42 Å². The van der Waals surface area contributed by atoms with Gasteiger partial charge in [-0.3, -0.25) is 4.79 Å². The summed E-state index contributed by atoms with van der Waals surface area (Å²) in [5, 5.41) is 3.03. The highest BCUT2D eigenvalue weighted by molar-refractivity contribution is 5.91. The first-order chi connectivity index (χ1) is 10.7. The molecule has 0 aliphatic heterocycles. The average molecular weight is 308 g/mol. The smallest absolute Gasteiger partial charge is 0.224 e. The molecule has 0 radical (unpaired) electrons. The van der Waals surface area contributed by atoms with Crippen LogP contribution in [0.5, 0.6) is 0 Å². The van der Waals surface area contributed by atoms with Gasteiger partial charge >= 0.3 is 0 Å². The Morgan fingerprint density at radius 2 is 1.59 bits per heavy atom. The van der Waals surface area contributed by atoms with Crippen molar-refractivity contribution in [3.63, 3.8) is 0 Å². The molecule has 128 valence electrons. The van der Waals surface area contributed by atoms with Crippen molar-refractivity contribution in [1.29, 1.82) is 0 Å². The Labute approximate surface area is 138 Å². The summed E-state index contributed by atoms with van der Waals surface area (Å²) in [7, 11) is 0. The van der Waals surface area contributed by atoms with Gasteiger partial charge in [0, 0.05) is 12.1 Å². The maximum absolute atomic E-state index is 11.6. The highest BCUT2D eigenvalue weighted by Gasteiger charge is 2.09. The van der Waals surface area contributed by atoms with Crippen LogP contribution in [-0.4, -0.2) is 5.91 Å². The summed E-state index contributed by atoms with van der Waals surface area (Å²) in [5.41, 5.74) is 3.74. The predicted octanol–water partition coefficient (Wildman–Crippen LogP) is 6.38. The van der Waals surface area contributed by atoms with Crippen molar-refractivity contribution >= 4 is 11.6 Å². The Hall–Kier alpha value is -1.31. The molecule has 0 saturated heterocycles. The van der Waals surface area contributed by atoms with Gasteiger partial charge in [-0.1, -0.05) is 73.4 Å². The minimum Gasteiger partial charge on any atom is -0.326 e. The molecule has 1 rings (SSSR count). The Balaban J connectivity index is 0. The lowest BCUT2D eigenvalue weighted by Gasteiger charge is -2.15. The maximum atomic E-state index is 11.6. The molecule has 0 saturated carbocycles. The lowest BCUT2D eigenvalue weighted by atomic mass is 9.97. The Kier molecular flexibility index (Phi) is 16.8. The number of carbonyl (C=O) groups excluding carboxylic acids is 1. The van der Waals surface area contributed by atoms with Gasteiger partial charge in [-0.05, 0) is 36.5 Å². The molecule has 0 heterocycles. The molecule has 0 unspecified atom stereocenters. The van der Waals surface area contributed by atoms with E-state index in [9.17, 15) is 4.79 Å². The lowest BCUT2D eigenvalue weighted by Crippen LogP contribution is -2.12. The molecule has 0 bridgehead atoms. The topological polar surface area (TPSA) is 29.1 Å². The molecule has 2 heteroatoms. The van der Waals surface area contributed by atoms with E-state index in [2.05, 4.69) is 25.2 Å². The zero-order chi connectivity index (χ0) is 17.4. The van der Waals surface area contributed by atoms with E-state index in [1.807, 2.05) is 46.8 Å². The normalized spacial score (nSPS) is 9.05. The molecule has 0 atom stereocenters. The van der Waals surface area contributed by atoms with Crippen molar-refractivity contribution in [1.82, 2.24) is 0 Å². The fourth-order valence-corrected chi connectivity index (χ4v) is 2.14. The fraction of sp³-hybridized carbons (Fsp3) is 0.650. The Morgan fingerprint density at radius 3 is 2.09 bits per heavy atom. The molecule has 0 aliphatic rings. The van der Waals surface area contributed by atoms with Gasteiger partial charge in [0.05, 0.1) is 0 Å². The van der Waals surface area contributed by atoms with Crippen LogP contribution in [0.3, 0.4) is 0 Å². The average Bonchev–Trinajstić information content (AvgIpc) is 2.58. The fourth-order valence-electron chi connectivity index (χ4n) is 2.14. The van der Waals surface area contributed by atoms with Crippen LogP contribution in [0.4, 0.5) is 5.69 Å². The minimum absolute atomic E-state index is 0.0985. The third-order valence-corrected chi connectivity index (χ3v) is 3.17. The van der Waals surface area contributed by atoms with E-state index in [-0.39, 0.29) is 5.91 Å². The zero-order valence-electron chi connectivity index (χ0n) is 15.9. The highest BCUT2D eigenvalue weighted by atomic mass is 16.1. The van der Waals surface area contributed by atoms with E-state index < -0.39 is 0 Å². The zero-order valence-corrected chi connectivity index (χ0v) is 15.9. The minimum atomic E-state index is 0.0985. The van der Waals surface area contributed by atoms with E-state index in [1.54, 1.807) is 0 Å². The number of nitrogens with one attached hydrogen (secondary N) is 1. The molecule has 1 aromatic carbocycles. The van der Waals surface area contributed by atoms with Gasteiger partial charge in [0.25, 0.3) is 0 Å². The van der Waals surface area contributed by atoms with E-state index in [4.69, 9.17) is 0 Å². The summed E-state index contributed by atoms with van der Waals surface area (Å²) >= 11 is 0. The Bertz CT molecular complexity index is 385. The first kappa shape index (κ1) is 23.0. The molecule has 1 amide bonds. The van der Waals surface area contributed by atoms with Gasteiger partial charge in [-0.25, -0.2) is 0 Å². The number of anilines is 1. The summed E-state index contributed by atoms with van der Waals surface area (Å²) in [5.74, 6) is 0.0985. The molecule has 22 heavy (non-hydrogen) atoms. The van der Waals surface area contributed by atoms with Crippen LogP contribution in [0.15, 0.2) is 18.2 Å². The first-order valence-electron chi connectivity index (χ1n) is 9.13. The van der Waals surface area contributed by atoms with Crippen LogP contribution in [0.2, 0.25) is 0 Å². The van der Waals surface area contributed by atoms with Crippen molar-refractivity contribution in [2.75, 3.05) is 5.32 Å². The van der Waals surface area contributed by atoms with Gasteiger partial charge in [-0.2, -0.15) is 0 Å². The van der Waals surface area contributed by atoms with Crippen LogP contribution < -0.4 is 5.32 Å². The predicted molar refractivity (Wildman–Crippen MR) is 101 cm³/mol. The van der Waals surface area contributed by atoms with E-state index >= 15 is 0 Å². The van der Waals surface area contributed by atoms with Crippen molar-refractivity contribution in [3.05, 3.63) is 29.3 Å². The number of rotatable bonds is 7. The van der Waals surface area contributed by atoms with E-state index in [1.165, 1.54) is 24.0 Å². The van der Waals surface area contributed by atoms with Gasteiger partial charge < -0.3 is 5.32 Å². The second-order valence-corrected chi connectivity index (χ2v) is 4.70. The molecule has 1 aromatic rings. The summed E-state index contributed by atoms with van der Waals surface area (Å²) in [6, 6.07) is 6.26. The van der Waals surface area contributed by atoms with Crippen molar-refractivity contribution < 1.29 is 4.79 Å². The van der Waals surface area contributed by atoms with Crippen molar-refractivity contribution in [2.45, 2.75) is 87.0 Å². The number of benzene rings is 1. The number of aryl methyl sites for hydroxylation is 1. The molecule has 1 N–H and O–H groups in total. The molecular formula is C20H37NO. The molecule has 0 aromatic heterocycles. The quantitative estimate of drug-likeness (QED) is 0.622. The lowest BCUT2D eigenvalue weighted by molar-refractivity contribution is -0.115. The van der Waals surface area contributed by atoms with Gasteiger partial charge in [0.15, 0.2) is 0 Å². The molecule has 0 aliphatic carbocycles. The monoisotopic (exact) mass is 307 g/mol. The van der Waals surface area contributed by atoms with Crippen molar-refractivity contribution in [2.24, 2.45) is 0 Å².